The van der Waals surface area contributed by atoms with Crippen LogP contribution in [-0.2, 0) is 11.8 Å². The molecule has 6 nitrogen and oxygen atoms in total. The number of ether oxygens (including phenoxy) is 2. The van der Waals surface area contributed by atoms with Crippen LogP contribution in [0.3, 0.4) is 0 Å². The number of hydrogen-bond acceptors (Lipinski definition) is 6. The summed E-state index contributed by atoms with van der Waals surface area (Å²) in [6.45, 7) is 9.92. The average molecular weight is 410 g/mol. The molecule has 6 heteroatoms. The summed E-state index contributed by atoms with van der Waals surface area (Å²) in [4.78, 5) is 13.4. The number of phenols is 2. The van der Waals surface area contributed by atoms with Crippen LogP contribution in [-0.4, -0.2) is 23.4 Å². The highest BCUT2D eigenvalue weighted by Gasteiger charge is 2.42. The minimum absolute atomic E-state index is 0.0454. The number of fused-ring (bicyclic) bond motifs is 4. The number of methoxy groups -OCH3 is 1. The molecule has 1 atom stereocenters. The first-order valence-electron chi connectivity index (χ1n) is 9.93. The Morgan fingerprint density at radius 2 is 1.93 bits per heavy atom. The van der Waals surface area contributed by atoms with Crippen LogP contribution in [0.5, 0.6) is 23.0 Å². The number of rotatable bonds is 3. The van der Waals surface area contributed by atoms with Crippen molar-refractivity contribution in [3.8, 4) is 23.0 Å². The second-order valence-corrected chi connectivity index (χ2v) is 8.66. The topological polar surface area (TPSA) is 89.1 Å². The molecule has 1 aromatic heterocycles. The maximum absolute atomic E-state index is 13.4. The Morgan fingerprint density at radius 3 is 2.57 bits per heavy atom. The molecule has 1 aliphatic rings. The summed E-state index contributed by atoms with van der Waals surface area (Å²) in [6.07, 6.45) is 2.29. The van der Waals surface area contributed by atoms with Gasteiger partial charge in [-0.25, -0.2) is 0 Å². The molecular weight excluding hydrogens is 384 g/mol. The number of benzene rings is 2. The van der Waals surface area contributed by atoms with Crippen molar-refractivity contribution in [1.82, 2.24) is 0 Å². The summed E-state index contributed by atoms with van der Waals surface area (Å²) >= 11 is 0. The van der Waals surface area contributed by atoms with Crippen molar-refractivity contribution < 1.29 is 24.1 Å². The quantitative estimate of drug-likeness (QED) is 0.470. The summed E-state index contributed by atoms with van der Waals surface area (Å²) in [5.74, 6) is 0.228. The summed E-state index contributed by atoms with van der Waals surface area (Å²) < 4.78 is 17.5. The molecule has 0 fully saturated rings. The molecule has 0 aliphatic carbocycles. The van der Waals surface area contributed by atoms with Gasteiger partial charge < -0.3 is 24.1 Å². The molecule has 0 spiro atoms. The SMILES string of the molecule is COc1c(O)c(CC=C(C)C)cc2oc3c4c(cc(O)c3c(=O)c12)OC(C)C4(C)C. The summed E-state index contributed by atoms with van der Waals surface area (Å²) in [5, 5.41) is 21.5. The molecule has 2 N–H and O–H groups in total. The summed E-state index contributed by atoms with van der Waals surface area (Å²) in [5.41, 5.74) is 2.16. The standard InChI is InChI=1S/C24H26O6/c1-11(2)7-8-13-9-15-18(23(28-6)20(13)26)21(27)17-14(25)10-16-19(22(17)30-15)24(4,5)12(3)29-16/h7,9-10,12,25-26H,8H2,1-6H3. The maximum Gasteiger partial charge on any atom is 0.208 e. The first-order chi connectivity index (χ1) is 14.1. The third-order valence-electron chi connectivity index (χ3n) is 6.09. The first kappa shape index (κ1) is 20.1. The number of allylic oxidation sites excluding steroid dienone is 2. The Labute approximate surface area is 174 Å². The minimum Gasteiger partial charge on any atom is -0.507 e. The van der Waals surface area contributed by atoms with Crippen molar-refractivity contribution in [1.29, 1.82) is 0 Å². The van der Waals surface area contributed by atoms with Crippen molar-refractivity contribution in [3.05, 3.63) is 45.1 Å². The van der Waals surface area contributed by atoms with Gasteiger partial charge in [0.05, 0.1) is 7.11 Å². The molecule has 0 saturated heterocycles. The van der Waals surface area contributed by atoms with Gasteiger partial charge in [-0.1, -0.05) is 25.5 Å². The van der Waals surface area contributed by atoms with E-state index in [2.05, 4.69) is 0 Å². The second-order valence-electron chi connectivity index (χ2n) is 8.66. The van der Waals surface area contributed by atoms with Gasteiger partial charge in [0.25, 0.3) is 0 Å². The van der Waals surface area contributed by atoms with Crippen LogP contribution in [0.2, 0.25) is 0 Å². The Hall–Kier alpha value is -3.15. The predicted octanol–water partition coefficient (Wildman–Crippen LogP) is 4.93. The van der Waals surface area contributed by atoms with E-state index in [4.69, 9.17) is 13.9 Å². The zero-order chi connectivity index (χ0) is 22.0. The van der Waals surface area contributed by atoms with Crippen LogP contribution in [0.15, 0.2) is 33.0 Å². The molecule has 0 radical (unpaired) electrons. The fraction of sp³-hybridized carbons (Fsp3) is 0.375. The fourth-order valence-corrected chi connectivity index (χ4v) is 4.06. The highest BCUT2D eigenvalue weighted by molar-refractivity contribution is 6.00. The molecule has 0 amide bonds. The van der Waals surface area contributed by atoms with E-state index >= 15 is 0 Å². The number of hydrogen-bond donors (Lipinski definition) is 2. The van der Waals surface area contributed by atoms with Crippen molar-refractivity contribution in [2.45, 2.75) is 52.6 Å². The van der Waals surface area contributed by atoms with E-state index in [1.165, 1.54) is 13.2 Å². The minimum atomic E-state index is -0.456. The second kappa shape index (κ2) is 6.69. The molecule has 1 unspecified atom stereocenters. The van der Waals surface area contributed by atoms with Crippen LogP contribution >= 0.6 is 0 Å². The average Bonchev–Trinajstić information content (AvgIpc) is 2.88. The third-order valence-corrected chi connectivity index (χ3v) is 6.09. The molecular formula is C24H26O6. The van der Waals surface area contributed by atoms with Crippen LogP contribution in [0.25, 0.3) is 21.9 Å². The molecule has 3 aromatic rings. The van der Waals surface area contributed by atoms with Crippen molar-refractivity contribution in [2.75, 3.05) is 7.11 Å². The maximum atomic E-state index is 13.4. The molecule has 30 heavy (non-hydrogen) atoms. The number of aromatic hydroxyl groups is 2. The van der Waals surface area contributed by atoms with Gasteiger partial charge in [0.15, 0.2) is 11.5 Å². The largest absolute Gasteiger partial charge is 0.507 e. The Kier molecular flexibility index (Phi) is 4.49. The lowest BCUT2D eigenvalue weighted by Crippen LogP contribution is -2.29. The molecule has 0 saturated carbocycles. The molecule has 2 heterocycles. The smallest absolute Gasteiger partial charge is 0.208 e. The van der Waals surface area contributed by atoms with Crippen molar-refractivity contribution >= 4 is 21.9 Å². The van der Waals surface area contributed by atoms with E-state index < -0.39 is 10.8 Å². The van der Waals surface area contributed by atoms with E-state index in [0.717, 1.165) is 11.1 Å². The zero-order valence-electron chi connectivity index (χ0n) is 18.0. The highest BCUT2D eigenvalue weighted by atomic mass is 16.5. The molecule has 0 bridgehead atoms. The highest BCUT2D eigenvalue weighted by Crippen LogP contribution is 2.49. The van der Waals surface area contributed by atoms with Gasteiger partial charge in [-0.05, 0) is 33.3 Å². The Balaban J connectivity index is 2.16. The van der Waals surface area contributed by atoms with Crippen molar-refractivity contribution in [2.24, 2.45) is 0 Å². The van der Waals surface area contributed by atoms with Gasteiger partial charge in [-0.3, -0.25) is 4.79 Å². The van der Waals surface area contributed by atoms with Crippen LogP contribution in [0, 0.1) is 0 Å². The van der Waals surface area contributed by atoms with E-state index in [1.807, 2.05) is 40.7 Å². The Bertz CT molecular complexity index is 1280. The van der Waals surface area contributed by atoms with E-state index in [9.17, 15) is 15.0 Å². The summed E-state index contributed by atoms with van der Waals surface area (Å²) in [7, 11) is 1.39. The molecule has 1 aliphatic heterocycles. The Morgan fingerprint density at radius 1 is 1.23 bits per heavy atom. The van der Waals surface area contributed by atoms with Crippen LogP contribution in [0.1, 0.15) is 45.7 Å². The number of phenolic OH excluding ortho intramolecular Hbond substituents is 2. The van der Waals surface area contributed by atoms with Gasteiger partial charge >= 0.3 is 0 Å². The monoisotopic (exact) mass is 410 g/mol. The third kappa shape index (κ3) is 2.74. The zero-order valence-corrected chi connectivity index (χ0v) is 18.0. The van der Waals surface area contributed by atoms with Crippen molar-refractivity contribution in [3.63, 3.8) is 0 Å². The van der Waals surface area contributed by atoms with Gasteiger partial charge in [0.2, 0.25) is 5.43 Å². The lowest BCUT2D eigenvalue weighted by atomic mass is 9.81. The van der Waals surface area contributed by atoms with E-state index in [1.54, 1.807) is 6.07 Å². The molecule has 158 valence electrons. The summed E-state index contributed by atoms with van der Waals surface area (Å²) in [6, 6.07) is 3.12. The van der Waals surface area contributed by atoms with E-state index in [0.29, 0.717) is 28.9 Å². The van der Waals surface area contributed by atoms with Crippen LogP contribution < -0.4 is 14.9 Å². The lowest BCUT2D eigenvalue weighted by Gasteiger charge is -2.22. The molecule has 2 aromatic carbocycles. The lowest BCUT2D eigenvalue weighted by molar-refractivity contribution is 0.185. The predicted molar refractivity (Wildman–Crippen MR) is 116 cm³/mol. The van der Waals surface area contributed by atoms with Gasteiger partial charge in [-0.15, -0.1) is 0 Å². The van der Waals surface area contributed by atoms with E-state index in [-0.39, 0.29) is 34.1 Å². The normalized spacial score (nSPS) is 17.1. The van der Waals surface area contributed by atoms with Crippen LogP contribution in [0.4, 0.5) is 0 Å². The van der Waals surface area contributed by atoms with Gasteiger partial charge in [0, 0.05) is 22.6 Å². The van der Waals surface area contributed by atoms with Gasteiger partial charge in [0.1, 0.15) is 39.5 Å². The first-order valence-corrected chi connectivity index (χ1v) is 9.93. The molecule has 4 rings (SSSR count). The van der Waals surface area contributed by atoms with Gasteiger partial charge in [-0.2, -0.15) is 0 Å². The fourth-order valence-electron chi connectivity index (χ4n) is 4.06.